The van der Waals surface area contributed by atoms with Gasteiger partial charge in [-0.05, 0) is 49.5 Å². The third-order valence-electron chi connectivity index (χ3n) is 2.49. The summed E-state index contributed by atoms with van der Waals surface area (Å²) in [5.41, 5.74) is 2.37. The molecule has 5 heteroatoms. The van der Waals surface area contributed by atoms with Crippen molar-refractivity contribution >= 4 is 44.6 Å². The number of aryl methyl sites for hydroxylation is 1. The average molecular weight is 339 g/mol. The topological polar surface area (TPSA) is 24.1 Å². The van der Waals surface area contributed by atoms with E-state index in [0.29, 0.717) is 15.3 Å². The molecule has 0 spiro atoms. The van der Waals surface area contributed by atoms with Gasteiger partial charge >= 0.3 is 0 Å². The zero-order valence-electron chi connectivity index (χ0n) is 10.2. The van der Waals surface area contributed by atoms with Crippen molar-refractivity contribution in [2.75, 3.05) is 10.6 Å². The highest BCUT2D eigenvalue weighted by Crippen LogP contribution is 2.19. The van der Waals surface area contributed by atoms with Crippen LogP contribution < -0.4 is 10.6 Å². The number of benzene rings is 2. The van der Waals surface area contributed by atoms with Crippen molar-refractivity contribution in [3.05, 3.63) is 58.3 Å². The van der Waals surface area contributed by atoms with E-state index < -0.39 is 0 Å². The maximum absolute atomic E-state index is 13.6. The SMILES string of the molecule is Cc1ccc(NC(=S)Nc2ccc(Br)cc2F)cc1. The zero-order valence-corrected chi connectivity index (χ0v) is 12.6. The van der Waals surface area contributed by atoms with E-state index in [1.165, 1.54) is 11.6 Å². The second-order valence-electron chi connectivity index (χ2n) is 4.07. The summed E-state index contributed by atoms with van der Waals surface area (Å²) in [7, 11) is 0. The standard InChI is InChI=1S/C14H12BrFN2S/c1-9-2-5-11(6-3-9)17-14(19)18-13-7-4-10(15)8-12(13)16/h2-8H,1H3,(H2,17,18,19). The quantitative estimate of drug-likeness (QED) is 0.775. The molecule has 0 saturated carbocycles. The number of anilines is 2. The lowest BCUT2D eigenvalue weighted by atomic mass is 10.2. The lowest BCUT2D eigenvalue weighted by Crippen LogP contribution is -2.19. The van der Waals surface area contributed by atoms with Crippen LogP contribution in [0.5, 0.6) is 0 Å². The summed E-state index contributed by atoms with van der Waals surface area (Å²) in [5.74, 6) is -0.359. The molecular weight excluding hydrogens is 327 g/mol. The number of nitrogens with one attached hydrogen (secondary N) is 2. The molecule has 2 nitrogen and oxygen atoms in total. The highest BCUT2D eigenvalue weighted by Gasteiger charge is 2.04. The van der Waals surface area contributed by atoms with Crippen LogP contribution in [0.2, 0.25) is 0 Å². The number of rotatable bonds is 2. The van der Waals surface area contributed by atoms with Gasteiger partial charge in [-0.1, -0.05) is 33.6 Å². The van der Waals surface area contributed by atoms with Crippen LogP contribution in [0.25, 0.3) is 0 Å². The van der Waals surface area contributed by atoms with Gasteiger partial charge in [0.2, 0.25) is 0 Å². The number of hydrogen-bond donors (Lipinski definition) is 2. The van der Waals surface area contributed by atoms with Crippen molar-refractivity contribution in [2.24, 2.45) is 0 Å². The molecule has 0 radical (unpaired) electrons. The molecule has 2 aromatic carbocycles. The first-order valence-electron chi connectivity index (χ1n) is 5.64. The fourth-order valence-corrected chi connectivity index (χ4v) is 2.07. The molecule has 2 N–H and O–H groups in total. The fraction of sp³-hybridized carbons (Fsp3) is 0.0714. The molecule has 0 aliphatic heterocycles. The van der Waals surface area contributed by atoms with Gasteiger partial charge in [0.05, 0.1) is 5.69 Å². The van der Waals surface area contributed by atoms with E-state index in [1.807, 2.05) is 31.2 Å². The molecule has 0 saturated heterocycles. The Kier molecular flexibility index (Phi) is 4.50. The highest BCUT2D eigenvalue weighted by atomic mass is 79.9. The van der Waals surface area contributed by atoms with E-state index in [0.717, 1.165) is 5.69 Å². The Morgan fingerprint density at radius 2 is 1.79 bits per heavy atom. The molecule has 0 heterocycles. The Hall–Kier alpha value is -1.46. The van der Waals surface area contributed by atoms with E-state index in [-0.39, 0.29) is 5.82 Å². The van der Waals surface area contributed by atoms with Crippen LogP contribution in [0, 0.1) is 12.7 Å². The maximum Gasteiger partial charge on any atom is 0.175 e. The monoisotopic (exact) mass is 338 g/mol. The molecule has 2 rings (SSSR count). The summed E-state index contributed by atoms with van der Waals surface area (Å²) in [6, 6.07) is 12.6. The Labute approximate surface area is 125 Å². The Morgan fingerprint density at radius 3 is 2.42 bits per heavy atom. The van der Waals surface area contributed by atoms with Crippen LogP contribution in [0.4, 0.5) is 15.8 Å². The van der Waals surface area contributed by atoms with Crippen LogP contribution in [-0.4, -0.2) is 5.11 Å². The summed E-state index contributed by atoms with van der Waals surface area (Å²) in [4.78, 5) is 0. The average Bonchev–Trinajstić information content (AvgIpc) is 2.36. The van der Waals surface area contributed by atoms with Gasteiger partial charge in [-0.25, -0.2) is 4.39 Å². The molecule has 0 fully saturated rings. The number of thiocarbonyl (C=S) groups is 1. The van der Waals surface area contributed by atoms with Crippen molar-refractivity contribution in [1.82, 2.24) is 0 Å². The minimum absolute atomic E-state index is 0.341. The molecule has 0 unspecified atom stereocenters. The molecule has 0 amide bonds. The van der Waals surface area contributed by atoms with Crippen molar-refractivity contribution in [3.63, 3.8) is 0 Å². The van der Waals surface area contributed by atoms with Gasteiger partial charge in [-0.2, -0.15) is 0 Å². The smallest absolute Gasteiger partial charge is 0.175 e. The fourth-order valence-electron chi connectivity index (χ4n) is 1.51. The molecular formula is C14H12BrFN2S. The Morgan fingerprint density at radius 1 is 1.11 bits per heavy atom. The second-order valence-corrected chi connectivity index (χ2v) is 5.39. The first-order chi connectivity index (χ1) is 9.04. The van der Waals surface area contributed by atoms with Crippen molar-refractivity contribution in [1.29, 1.82) is 0 Å². The predicted molar refractivity (Wildman–Crippen MR) is 85.1 cm³/mol. The van der Waals surface area contributed by atoms with Gasteiger partial charge < -0.3 is 10.6 Å². The zero-order chi connectivity index (χ0) is 13.8. The van der Waals surface area contributed by atoms with Crippen molar-refractivity contribution in [3.8, 4) is 0 Å². The number of hydrogen-bond acceptors (Lipinski definition) is 1. The third kappa shape index (κ3) is 4.01. The molecule has 0 aliphatic carbocycles. The second kappa shape index (κ2) is 6.12. The van der Waals surface area contributed by atoms with Crippen LogP contribution in [0.3, 0.4) is 0 Å². The molecule has 2 aromatic rings. The molecule has 0 aliphatic rings. The van der Waals surface area contributed by atoms with E-state index in [1.54, 1.807) is 12.1 Å². The Bertz CT molecular complexity index is 599. The van der Waals surface area contributed by atoms with Gasteiger partial charge in [0.15, 0.2) is 5.11 Å². The molecule has 0 atom stereocenters. The molecule has 98 valence electrons. The van der Waals surface area contributed by atoms with Gasteiger partial charge in [0.1, 0.15) is 5.82 Å². The first kappa shape index (κ1) is 14.0. The largest absolute Gasteiger partial charge is 0.332 e. The summed E-state index contributed by atoms with van der Waals surface area (Å²) in [5, 5.41) is 6.18. The summed E-state index contributed by atoms with van der Waals surface area (Å²) in [6.07, 6.45) is 0. The van der Waals surface area contributed by atoms with Crippen molar-refractivity contribution < 1.29 is 4.39 Å². The summed E-state index contributed by atoms with van der Waals surface area (Å²) >= 11 is 8.35. The maximum atomic E-state index is 13.6. The normalized spacial score (nSPS) is 10.1. The van der Waals surface area contributed by atoms with Gasteiger partial charge in [0.25, 0.3) is 0 Å². The van der Waals surface area contributed by atoms with Gasteiger partial charge in [-0.3, -0.25) is 0 Å². The third-order valence-corrected chi connectivity index (χ3v) is 3.19. The van der Waals surface area contributed by atoms with Gasteiger partial charge in [0, 0.05) is 10.2 Å². The lowest BCUT2D eigenvalue weighted by molar-refractivity contribution is 0.631. The van der Waals surface area contributed by atoms with Crippen LogP contribution in [0.1, 0.15) is 5.56 Å². The van der Waals surface area contributed by atoms with Gasteiger partial charge in [-0.15, -0.1) is 0 Å². The van der Waals surface area contributed by atoms with Crippen LogP contribution in [-0.2, 0) is 0 Å². The minimum Gasteiger partial charge on any atom is -0.332 e. The van der Waals surface area contributed by atoms with Crippen LogP contribution in [0.15, 0.2) is 46.9 Å². The molecule has 0 bridgehead atoms. The summed E-state index contributed by atoms with van der Waals surface area (Å²) in [6.45, 7) is 2.01. The lowest BCUT2D eigenvalue weighted by Gasteiger charge is -2.11. The minimum atomic E-state index is -0.359. The van der Waals surface area contributed by atoms with Crippen LogP contribution >= 0.6 is 28.1 Å². The summed E-state index contributed by atoms with van der Waals surface area (Å²) < 4.78 is 14.3. The van der Waals surface area contributed by atoms with E-state index >= 15 is 0 Å². The van der Waals surface area contributed by atoms with E-state index in [4.69, 9.17) is 12.2 Å². The van der Waals surface area contributed by atoms with E-state index in [9.17, 15) is 4.39 Å². The molecule has 0 aromatic heterocycles. The first-order valence-corrected chi connectivity index (χ1v) is 6.84. The van der Waals surface area contributed by atoms with Crippen molar-refractivity contribution in [2.45, 2.75) is 6.92 Å². The Balaban J connectivity index is 2.03. The number of halogens is 2. The van der Waals surface area contributed by atoms with E-state index in [2.05, 4.69) is 26.6 Å². The molecule has 19 heavy (non-hydrogen) atoms. The highest BCUT2D eigenvalue weighted by molar-refractivity contribution is 9.10. The predicted octanol–water partition coefficient (Wildman–Crippen LogP) is 4.71.